The number of ether oxygens (including phenoxy) is 1. The van der Waals surface area contributed by atoms with Gasteiger partial charge in [-0.15, -0.1) is 0 Å². The van der Waals surface area contributed by atoms with Gasteiger partial charge < -0.3 is 14.7 Å². The second-order valence-electron chi connectivity index (χ2n) is 4.52. The van der Waals surface area contributed by atoms with Crippen LogP contribution in [-0.4, -0.2) is 42.2 Å². The van der Waals surface area contributed by atoms with E-state index in [1.165, 1.54) is 6.07 Å². The zero-order chi connectivity index (χ0) is 13.8. The maximum Gasteiger partial charge on any atom is 0.223 e. The Balaban J connectivity index is 1.80. The Morgan fingerprint density at radius 3 is 2.79 bits per heavy atom. The molecule has 1 aromatic rings. The van der Waals surface area contributed by atoms with Crippen LogP contribution in [0.25, 0.3) is 0 Å². The summed E-state index contributed by atoms with van der Waals surface area (Å²) in [4.78, 5) is 13.1. The number of halogens is 2. The van der Waals surface area contributed by atoms with Crippen molar-refractivity contribution in [3.05, 3.63) is 29.8 Å². The summed E-state index contributed by atoms with van der Waals surface area (Å²) in [5.74, 6) is -1.70. The molecule has 0 aliphatic carbocycles. The largest absolute Gasteiger partial charge is 0.492 e. The molecule has 1 N–H and O–H groups in total. The normalized spacial score (nSPS) is 19.0. The number of amides is 1. The molecule has 1 aromatic carbocycles. The average molecular weight is 271 g/mol. The molecular formula is C13H15F2NO3. The highest BCUT2D eigenvalue weighted by molar-refractivity contribution is 5.78. The van der Waals surface area contributed by atoms with Gasteiger partial charge in [0.2, 0.25) is 5.91 Å². The molecule has 1 amide bonds. The number of carbonyl (C=O) groups excluding carboxylic acids is 1. The van der Waals surface area contributed by atoms with Crippen molar-refractivity contribution < 1.29 is 23.4 Å². The van der Waals surface area contributed by atoms with Crippen LogP contribution in [0.1, 0.15) is 6.42 Å². The van der Waals surface area contributed by atoms with Gasteiger partial charge in [0.05, 0.1) is 6.54 Å². The molecule has 0 radical (unpaired) electrons. The van der Waals surface area contributed by atoms with E-state index in [0.29, 0.717) is 19.5 Å². The Kier molecular flexibility index (Phi) is 4.31. The van der Waals surface area contributed by atoms with Crippen LogP contribution in [0.5, 0.6) is 5.75 Å². The van der Waals surface area contributed by atoms with Crippen molar-refractivity contribution in [1.29, 1.82) is 0 Å². The van der Waals surface area contributed by atoms with Crippen LogP contribution >= 0.6 is 0 Å². The third-order valence-corrected chi connectivity index (χ3v) is 3.07. The molecule has 2 rings (SSSR count). The van der Waals surface area contributed by atoms with E-state index in [4.69, 9.17) is 9.84 Å². The van der Waals surface area contributed by atoms with Crippen LogP contribution in [0.2, 0.25) is 0 Å². The zero-order valence-electron chi connectivity index (χ0n) is 10.3. The lowest BCUT2D eigenvalue weighted by Crippen LogP contribution is -2.30. The van der Waals surface area contributed by atoms with Gasteiger partial charge in [-0.3, -0.25) is 4.79 Å². The van der Waals surface area contributed by atoms with Crippen molar-refractivity contribution in [2.24, 2.45) is 5.92 Å². The minimum Gasteiger partial charge on any atom is -0.492 e. The fraction of sp³-hybridized carbons (Fsp3) is 0.462. The molecule has 0 bridgehead atoms. The number of likely N-dealkylation sites (tertiary alicyclic amines) is 1. The van der Waals surface area contributed by atoms with Crippen LogP contribution in [0.15, 0.2) is 18.2 Å². The zero-order valence-corrected chi connectivity index (χ0v) is 10.3. The van der Waals surface area contributed by atoms with Gasteiger partial charge >= 0.3 is 0 Å². The standard InChI is InChI=1S/C13H15F2NO3/c14-11-2-1-10(6-12(11)15)19-4-3-16-7-9(8-17)5-13(16)18/h1-2,6,9,17H,3-5,7-8H2. The lowest BCUT2D eigenvalue weighted by atomic mass is 10.1. The molecule has 1 atom stereocenters. The molecule has 1 heterocycles. The highest BCUT2D eigenvalue weighted by Gasteiger charge is 2.28. The second-order valence-corrected chi connectivity index (χ2v) is 4.52. The first kappa shape index (κ1) is 13.7. The Hall–Kier alpha value is -1.69. The molecule has 104 valence electrons. The van der Waals surface area contributed by atoms with Crippen LogP contribution in [0.3, 0.4) is 0 Å². The number of hydrogen-bond donors (Lipinski definition) is 1. The predicted molar refractivity (Wildman–Crippen MR) is 63.6 cm³/mol. The third kappa shape index (κ3) is 3.41. The van der Waals surface area contributed by atoms with E-state index in [1.54, 1.807) is 4.90 Å². The number of rotatable bonds is 5. The highest BCUT2D eigenvalue weighted by atomic mass is 19.2. The molecule has 1 aliphatic rings. The van der Waals surface area contributed by atoms with Gasteiger partial charge in [0, 0.05) is 31.6 Å². The quantitative estimate of drug-likeness (QED) is 0.875. The molecule has 0 spiro atoms. The average Bonchev–Trinajstić information content (AvgIpc) is 2.75. The Morgan fingerprint density at radius 1 is 1.37 bits per heavy atom. The van der Waals surface area contributed by atoms with Gasteiger partial charge in [-0.25, -0.2) is 8.78 Å². The second kappa shape index (κ2) is 5.97. The van der Waals surface area contributed by atoms with E-state index in [2.05, 4.69) is 0 Å². The fourth-order valence-corrected chi connectivity index (χ4v) is 2.03. The molecule has 19 heavy (non-hydrogen) atoms. The number of benzene rings is 1. The van der Waals surface area contributed by atoms with Crippen molar-refractivity contribution in [3.8, 4) is 5.75 Å². The summed E-state index contributed by atoms with van der Waals surface area (Å²) in [6.45, 7) is 1.08. The molecule has 0 aromatic heterocycles. The summed E-state index contributed by atoms with van der Waals surface area (Å²) in [6.07, 6.45) is 0.349. The number of aliphatic hydroxyl groups is 1. The molecule has 1 fully saturated rings. The van der Waals surface area contributed by atoms with Gasteiger partial charge in [-0.05, 0) is 12.1 Å². The SMILES string of the molecule is O=C1CC(CO)CN1CCOc1ccc(F)c(F)c1. The van der Waals surface area contributed by atoms with Gasteiger partial charge in [-0.2, -0.15) is 0 Å². The van der Waals surface area contributed by atoms with Crippen molar-refractivity contribution in [2.45, 2.75) is 6.42 Å². The van der Waals surface area contributed by atoms with E-state index >= 15 is 0 Å². The van der Waals surface area contributed by atoms with E-state index < -0.39 is 11.6 Å². The molecule has 1 unspecified atom stereocenters. The lowest BCUT2D eigenvalue weighted by molar-refractivity contribution is -0.128. The Morgan fingerprint density at radius 2 is 2.16 bits per heavy atom. The van der Waals surface area contributed by atoms with E-state index in [0.717, 1.165) is 12.1 Å². The first-order chi connectivity index (χ1) is 9.10. The molecular weight excluding hydrogens is 256 g/mol. The molecule has 1 saturated heterocycles. The predicted octanol–water partition coefficient (Wildman–Crippen LogP) is 1.18. The van der Waals surface area contributed by atoms with Crippen molar-refractivity contribution in [2.75, 3.05) is 26.3 Å². The summed E-state index contributed by atoms with van der Waals surface area (Å²) < 4.78 is 30.9. The highest BCUT2D eigenvalue weighted by Crippen LogP contribution is 2.18. The van der Waals surface area contributed by atoms with E-state index in [9.17, 15) is 13.6 Å². The maximum absolute atomic E-state index is 12.9. The van der Waals surface area contributed by atoms with Crippen molar-refractivity contribution in [1.82, 2.24) is 4.90 Å². The topological polar surface area (TPSA) is 49.8 Å². The van der Waals surface area contributed by atoms with Gasteiger partial charge in [0.15, 0.2) is 11.6 Å². The number of carbonyl (C=O) groups is 1. The van der Waals surface area contributed by atoms with Crippen LogP contribution in [0.4, 0.5) is 8.78 Å². The van der Waals surface area contributed by atoms with Gasteiger partial charge in [-0.1, -0.05) is 0 Å². The van der Waals surface area contributed by atoms with Crippen molar-refractivity contribution >= 4 is 5.91 Å². The minimum absolute atomic E-state index is 0.00767. The monoisotopic (exact) mass is 271 g/mol. The van der Waals surface area contributed by atoms with Gasteiger partial charge in [0.1, 0.15) is 12.4 Å². The maximum atomic E-state index is 12.9. The number of aliphatic hydroxyl groups excluding tert-OH is 1. The molecule has 4 nitrogen and oxygen atoms in total. The summed E-state index contributed by atoms with van der Waals surface area (Å²) >= 11 is 0. The van der Waals surface area contributed by atoms with E-state index in [1.807, 2.05) is 0 Å². The Bertz CT molecular complexity index is 467. The summed E-state index contributed by atoms with van der Waals surface area (Å²) in [6, 6.07) is 3.30. The lowest BCUT2D eigenvalue weighted by Gasteiger charge is -2.16. The molecule has 1 aliphatic heterocycles. The first-order valence-electron chi connectivity index (χ1n) is 6.06. The summed E-state index contributed by atoms with van der Waals surface area (Å²) in [5, 5.41) is 8.97. The van der Waals surface area contributed by atoms with Gasteiger partial charge in [0.25, 0.3) is 0 Å². The van der Waals surface area contributed by atoms with Crippen LogP contribution < -0.4 is 4.74 Å². The number of hydrogen-bond acceptors (Lipinski definition) is 3. The van der Waals surface area contributed by atoms with Crippen LogP contribution in [-0.2, 0) is 4.79 Å². The summed E-state index contributed by atoms with van der Waals surface area (Å²) in [5.41, 5.74) is 0. The molecule has 0 saturated carbocycles. The van der Waals surface area contributed by atoms with Crippen LogP contribution in [0, 0.1) is 17.6 Å². The fourth-order valence-electron chi connectivity index (χ4n) is 2.03. The minimum atomic E-state index is -0.963. The summed E-state index contributed by atoms with van der Waals surface area (Å²) in [7, 11) is 0. The number of nitrogens with zero attached hydrogens (tertiary/aromatic N) is 1. The van der Waals surface area contributed by atoms with Crippen molar-refractivity contribution in [3.63, 3.8) is 0 Å². The smallest absolute Gasteiger partial charge is 0.223 e. The Labute approximate surface area is 109 Å². The van der Waals surface area contributed by atoms with E-state index in [-0.39, 0.29) is 30.8 Å². The third-order valence-electron chi connectivity index (χ3n) is 3.07. The molecule has 6 heteroatoms. The first-order valence-corrected chi connectivity index (χ1v) is 6.06.